The average molecular weight is 439 g/mol. The number of halogens is 3. The van der Waals surface area contributed by atoms with Gasteiger partial charge in [-0.15, -0.1) is 4.36 Å². The number of H-pyrrole nitrogens is 1. The van der Waals surface area contributed by atoms with Crippen LogP contribution in [-0.2, 0) is 15.7 Å². The molecule has 3 aliphatic rings. The molecule has 9 nitrogen and oxygen atoms in total. The summed E-state index contributed by atoms with van der Waals surface area (Å²) in [5, 5.41) is 6.13. The Bertz CT molecular complexity index is 1120. The fraction of sp³-hybridized carbons (Fsp3) is 0.579. The van der Waals surface area contributed by atoms with E-state index in [-0.39, 0.29) is 43.0 Å². The third-order valence-corrected chi connectivity index (χ3v) is 5.86. The summed E-state index contributed by atoms with van der Waals surface area (Å²) in [5.74, 6) is -0.0261. The molecule has 1 aliphatic carbocycles. The van der Waals surface area contributed by atoms with Gasteiger partial charge in [0.1, 0.15) is 22.8 Å². The Balaban J connectivity index is 1.70. The summed E-state index contributed by atoms with van der Waals surface area (Å²) in [4.78, 5) is 12.4. The van der Waals surface area contributed by atoms with E-state index in [1.54, 1.807) is 11.5 Å². The molecule has 0 aromatic carbocycles. The second-order valence-corrected chi connectivity index (χ2v) is 7.96. The average Bonchev–Trinajstić information content (AvgIpc) is 3.22. The molecule has 2 aliphatic heterocycles. The van der Waals surface area contributed by atoms with Gasteiger partial charge in [-0.25, -0.2) is 5.10 Å². The van der Waals surface area contributed by atoms with E-state index in [4.69, 9.17) is 14.2 Å². The number of hydrogen-bond donors (Lipinski definition) is 2. The monoisotopic (exact) mass is 439 g/mol. The molecule has 1 saturated heterocycles. The van der Waals surface area contributed by atoms with E-state index in [1.165, 1.54) is 0 Å². The third kappa shape index (κ3) is 3.63. The molecular weight excluding hydrogens is 417 g/mol. The SMILES string of the molecule is COC1CC(=[n+]2[nH]c(C)c3/c2=N\c2ncc(C(F)(F)F)c(n2)N[C@@H]2COCC2CO3)C1. The van der Waals surface area contributed by atoms with Crippen molar-refractivity contribution in [2.75, 3.05) is 32.2 Å². The Labute approximate surface area is 175 Å². The van der Waals surface area contributed by atoms with E-state index in [2.05, 4.69) is 25.4 Å². The molecule has 31 heavy (non-hydrogen) atoms. The van der Waals surface area contributed by atoms with Crippen LogP contribution in [0.2, 0.25) is 0 Å². The minimum Gasteiger partial charge on any atom is -0.484 e. The number of ether oxygens (including phenoxy) is 3. The van der Waals surface area contributed by atoms with E-state index in [1.807, 2.05) is 6.92 Å². The lowest BCUT2D eigenvalue weighted by Crippen LogP contribution is -2.46. The lowest BCUT2D eigenvalue weighted by Gasteiger charge is -2.23. The Morgan fingerprint density at radius 2 is 2.03 bits per heavy atom. The Morgan fingerprint density at radius 3 is 2.77 bits per heavy atom. The molecule has 2 N–H and O–H groups in total. The molecule has 2 aromatic heterocycles. The van der Waals surface area contributed by atoms with E-state index in [9.17, 15) is 13.2 Å². The first-order valence-electron chi connectivity index (χ1n) is 9.99. The summed E-state index contributed by atoms with van der Waals surface area (Å²) in [6.07, 6.45) is -2.29. The summed E-state index contributed by atoms with van der Waals surface area (Å²) < 4.78 is 59.4. The van der Waals surface area contributed by atoms with Gasteiger partial charge in [-0.1, -0.05) is 0 Å². The number of rotatable bonds is 1. The smallest absolute Gasteiger partial charge is 0.421 e. The summed E-state index contributed by atoms with van der Waals surface area (Å²) in [7, 11) is 1.66. The Kier molecular flexibility index (Phi) is 4.85. The van der Waals surface area contributed by atoms with Gasteiger partial charge in [0, 0.05) is 37.1 Å². The molecule has 2 aromatic rings. The summed E-state index contributed by atoms with van der Waals surface area (Å²) in [6, 6.07) is -0.375. The summed E-state index contributed by atoms with van der Waals surface area (Å²) in [5.41, 5.74) is 1.27. The van der Waals surface area contributed by atoms with Gasteiger partial charge in [-0.3, -0.25) is 0 Å². The molecule has 5 rings (SSSR count). The molecule has 2 atom stereocenters. The van der Waals surface area contributed by atoms with Gasteiger partial charge in [0.05, 0.1) is 32.0 Å². The van der Waals surface area contributed by atoms with Crippen molar-refractivity contribution >= 4 is 11.8 Å². The quantitative estimate of drug-likeness (QED) is 0.652. The Morgan fingerprint density at radius 1 is 1.23 bits per heavy atom. The first-order chi connectivity index (χ1) is 14.8. The van der Waals surface area contributed by atoms with Crippen molar-refractivity contribution in [3.63, 3.8) is 0 Å². The number of methoxy groups -OCH3 is 1. The van der Waals surface area contributed by atoms with Crippen LogP contribution in [-0.4, -0.2) is 54.1 Å². The number of aromatic nitrogens is 4. The third-order valence-electron chi connectivity index (χ3n) is 5.86. The number of anilines is 1. The van der Waals surface area contributed by atoms with Crippen LogP contribution in [0.5, 0.6) is 5.75 Å². The summed E-state index contributed by atoms with van der Waals surface area (Å²) >= 11 is 0. The molecule has 0 amide bonds. The highest BCUT2D eigenvalue weighted by molar-refractivity contribution is 5.48. The largest absolute Gasteiger partial charge is 0.484 e. The van der Waals surface area contributed by atoms with Gasteiger partial charge in [0.25, 0.3) is 0 Å². The van der Waals surface area contributed by atoms with Gasteiger partial charge in [0.15, 0.2) is 0 Å². The highest BCUT2D eigenvalue weighted by atomic mass is 19.4. The van der Waals surface area contributed by atoms with E-state index >= 15 is 0 Å². The predicted octanol–water partition coefficient (Wildman–Crippen LogP) is 1.38. The topological polar surface area (TPSA) is 99.6 Å². The molecule has 166 valence electrons. The maximum Gasteiger partial charge on any atom is 0.421 e. The van der Waals surface area contributed by atoms with Gasteiger partial charge in [0.2, 0.25) is 5.75 Å². The van der Waals surface area contributed by atoms with Gasteiger partial charge in [-0.2, -0.15) is 23.1 Å². The van der Waals surface area contributed by atoms with Crippen LogP contribution in [0.1, 0.15) is 24.1 Å². The molecule has 1 unspecified atom stereocenters. The van der Waals surface area contributed by atoms with Crippen molar-refractivity contribution in [1.82, 2.24) is 15.1 Å². The second kappa shape index (κ2) is 7.45. The molecule has 1 saturated carbocycles. The minimum absolute atomic E-state index is 0.0892. The molecule has 12 heteroatoms. The van der Waals surface area contributed by atoms with Crippen LogP contribution in [0.25, 0.3) is 0 Å². The number of aryl methyl sites for hydroxylation is 1. The minimum atomic E-state index is -4.60. The van der Waals surface area contributed by atoms with Crippen molar-refractivity contribution < 1.29 is 31.7 Å². The first-order valence-corrected chi connectivity index (χ1v) is 9.99. The van der Waals surface area contributed by atoms with Crippen LogP contribution in [0, 0.1) is 18.6 Å². The van der Waals surface area contributed by atoms with Crippen LogP contribution in [0.4, 0.5) is 24.9 Å². The predicted molar refractivity (Wildman–Crippen MR) is 99.5 cm³/mol. The van der Waals surface area contributed by atoms with Crippen LogP contribution < -0.4 is 19.9 Å². The van der Waals surface area contributed by atoms with Crippen molar-refractivity contribution in [3.8, 4) is 5.75 Å². The fourth-order valence-corrected chi connectivity index (χ4v) is 3.99. The van der Waals surface area contributed by atoms with Crippen LogP contribution >= 0.6 is 0 Å². The number of aromatic amines is 1. The van der Waals surface area contributed by atoms with Crippen LogP contribution in [0.15, 0.2) is 11.2 Å². The lowest BCUT2D eigenvalue weighted by molar-refractivity contribution is -0.611. The number of nitrogens with one attached hydrogen (secondary N) is 2. The van der Waals surface area contributed by atoms with Gasteiger partial charge in [-0.05, 0) is 6.92 Å². The second-order valence-electron chi connectivity index (χ2n) is 7.96. The zero-order valence-electron chi connectivity index (χ0n) is 17.0. The van der Waals surface area contributed by atoms with Crippen molar-refractivity contribution in [2.24, 2.45) is 10.9 Å². The number of fused-ring (bicyclic) bond motifs is 4. The number of hydrogen-bond acceptors (Lipinski definition) is 7. The normalized spacial score (nSPS) is 26.4. The highest BCUT2D eigenvalue weighted by Gasteiger charge is 2.39. The van der Waals surface area contributed by atoms with Crippen molar-refractivity contribution in [3.05, 3.63) is 28.7 Å². The highest BCUT2D eigenvalue weighted by Crippen LogP contribution is 2.35. The maximum atomic E-state index is 13.5. The zero-order chi connectivity index (χ0) is 21.8. The number of nitrogens with zero attached hydrogens (tertiary/aromatic N) is 4. The fourth-order valence-electron chi connectivity index (χ4n) is 3.99. The standard InChI is InChI=1S/C19H22F3N6O3/c1-9-15-17(28(27-9)11-3-12(4-11)29-2)26-18-23-5-13(19(20,21)22)16(25-18)24-14-8-30-6-10(14)7-31-15/h5,10,12,14,27H,3-4,6-8H2,1-2H3,(H,23,24,25)/q+1/b26-17+,28-11?/t10?,12?,14-/m1/s1. The van der Waals surface area contributed by atoms with Crippen LogP contribution in [0.3, 0.4) is 0 Å². The molecule has 0 radical (unpaired) electrons. The Hall–Kier alpha value is -2.73. The molecule has 2 fully saturated rings. The zero-order valence-corrected chi connectivity index (χ0v) is 17.0. The number of alkyl halides is 3. The van der Waals surface area contributed by atoms with Crippen molar-refractivity contribution in [2.45, 2.75) is 38.1 Å². The molecule has 4 heterocycles. The van der Waals surface area contributed by atoms with Gasteiger partial charge >= 0.3 is 17.6 Å². The van der Waals surface area contributed by atoms with Crippen molar-refractivity contribution in [1.29, 1.82) is 0 Å². The first kappa shape index (κ1) is 20.2. The van der Waals surface area contributed by atoms with E-state index < -0.39 is 11.7 Å². The molecule has 0 spiro atoms. The van der Waals surface area contributed by atoms with E-state index in [0.717, 1.165) is 17.6 Å². The van der Waals surface area contributed by atoms with Gasteiger partial charge < -0.3 is 19.5 Å². The van der Waals surface area contributed by atoms with E-state index in [0.29, 0.717) is 30.7 Å². The molecule has 2 bridgehead atoms. The lowest BCUT2D eigenvalue weighted by atomic mass is 9.93. The summed E-state index contributed by atoms with van der Waals surface area (Å²) in [6.45, 7) is 2.76. The molecular formula is C19H22F3N6O3+. The maximum absolute atomic E-state index is 13.5.